The van der Waals surface area contributed by atoms with Gasteiger partial charge in [0.05, 0.1) is 19.8 Å². The van der Waals surface area contributed by atoms with Crippen molar-refractivity contribution in [1.29, 1.82) is 0 Å². The Bertz CT molecular complexity index is 1100. The SMILES string of the molecule is C[C@@H](c1ccccc1)N(Cc1nc(C(=O)NCCN2CCOCC2)co1)Cc1ccc(Cl)cc1Cl. The third-order valence-corrected chi connectivity index (χ3v) is 6.75. The Morgan fingerprint density at radius 1 is 1.14 bits per heavy atom. The third kappa shape index (κ3) is 7.29. The van der Waals surface area contributed by atoms with E-state index in [0.29, 0.717) is 35.6 Å². The lowest BCUT2D eigenvalue weighted by atomic mass is 10.1. The number of benzene rings is 2. The number of hydrogen-bond acceptors (Lipinski definition) is 6. The first-order valence-corrected chi connectivity index (χ1v) is 12.5. The van der Waals surface area contributed by atoms with E-state index in [4.69, 9.17) is 32.4 Å². The molecule has 1 N–H and O–H groups in total. The van der Waals surface area contributed by atoms with E-state index in [1.54, 1.807) is 6.07 Å². The molecule has 0 saturated carbocycles. The molecule has 1 atom stereocenters. The molecule has 0 bridgehead atoms. The van der Waals surface area contributed by atoms with Crippen molar-refractivity contribution in [2.24, 2.45) is 0 Å². The molecule has 0 spiro atoms. The number of rotatable bonds is 10. The molecule has 1 aliphatic heterocycles. The molecular weight excluding hydrogens is 487 g/mol. The number of halogens is 2. The molecule has 3 aromatic rings. The molecule has 1 aliphatic rings. The van der Waals surface area contributed by atoms with Gasteiger partial charge in [-0.15, -0.1) is 0 Å². The second-order valence-corrected chi connectivity index (χ2v) is 9.41. The van der Waals surface area contributed by atoms with Crippen LogP contribution in [0.15, 0.2) is 59.2 Å². The summed E-state index contributed by atoms with van der Waals surface area (Å²) in [5.74, 6) is 0.229. The van der Waals surface area contributed by atoms with Crippen LogP contribution in [0.2, 0.25) is 10.0 Å². The Labute approximate surface area is 216 Å². The number of amides is 1. The molecule has 186 valence electrons. The van der Waals surface area contributed by atoms with Gasteiger partial charge in [0, 0.05) is 48.8 Å². The Morgan fingerprint density at radius 3 is 2.66 bits per heavy atom. The fourth-order valence-corrected chi connectivity index (χ4v) is 4.51. The van der Waals surface area contributed by atoms with E-state index in [2.05, 4.69) is 39.2 Å². The maximum Gasteiger partial charge on any atom is 0.273 e. The Balaban J connectivity index is 1.42. The molecule has 2 aromatic carbocycles. The van der Waals surface area contributed by atoms with Crippen LogP contribution in [0.3, 0.4) is 0 Å². The summed E-state index contributed by atoms with van der Waals surface area (Å²) in [7, 11) is 0. The van der Waals surface area contributed by atoms with Crippen molar-refractivity contribution in [2.75, 3.05) is 39.4 Å². The molecule has 1 amide bonds. The molecule has 9 heteroatoms. The molecule has 7 nitrogen and oxygen atoms in total. The normalized spacial score (nSPS) is 15.3. The summed E-state index contributed by atoms with van der Waals surface area (Å²) >= 11 is 12.5. The van der Waals surface area contributed by atoms with Crippen molar-refractivity contribution in [2.45, 2.75) is 26.1 Å². The molecule has 1 saturated heterocycles. The van der Waals surface area contributed by atoms with E-state index >= 15 is 0 Å². The minimum atomic E-state index is -0.239. The van der Waals surface area contributed by atoms with Crippen molar-refractivity contribution < 1.29 is 13.9 Å². The summed E-state index contributed by atoms with van der Waals surface area (Å²) < 4.78 is 11.0. The summed E-state index contributed by atoms with van der Waals surface area (Å²) in [5.41, 5.74) is 2.38. The van der Waals surface area contributed by atoms with Gasteiger partial charge in [0.25, 0.3) is 5.91 Å². The van der Waals surface area contributed by atoms with Crippen LogP contribution in [-0.2, 0) is 17.8 Å². The van der Waals surface area contributed by atoms with E-state index < -0.39 is 0 Å². The van der Waals surface area contributed by atoms with Crippen molar-refractivity contribution in [1.82, 2.24) is 20.1 Å². The second-order valence-electron chi connectivity index (χ2n) is 8.56. The van der Waals surface area contributed by atoms with Gasteiger partial charge in [0.2, 0.25) is 5.89 Å². The topological polar surface area (TPSA) is 70.8 Å². The van der Waals surface area contributed by atoms with Gasteiger partial charge in [-0.1, -0.05) is 59.6 Å². The van der Waals surface area contributed by atoms with Crippen LogP contribution in [0.4, 0.5) is 0 Å². The van der Waals surface area contributed by atoms with Gasteiger partial charge in [-0.3, -0.25) is 14.6 Å². The van der Waals surface area contributed by atoms with Gasteiger partial charge in [0.1, 0.15) is 6.26 Å². The highest BCUT2D eigenvalue weighted by molar-refractivity contribution is 6.35. The second kappa shape index (κ2) is 12.5. The van der Waals surface area contributed by atoms with Crippen LogP contribution in [0.1, 0.15) is 40.5 Å². The number of carbonyl (C=O) groups is 1. The minimum Gasteiger partial charge on any atom is -0.447 e. The molecule has 1 fully saturated rings. The summed E-state index contributed by atoms with van der Waals surface area (Å²) in [6, 6.07) is 15.8. The van der Waals surface area contributed by atoms with E-state index in [-0.39, 0.29) is 17.6 Å². The average Bonchev–Trinajstić information content (AvgIpc) is 3.34. The van der Waals surface area contributed by atoms with Crippen LogP contribution >= 0.6 is 23.2 Å². The highest BCUT2D eigenvalue weighted by Crippen LogP contribution is 2.28. The maximum absolute atomic E-state index is 12.6. The highest BCUT2D eigenvalue weighted by atomic mass is 35.5. The van der Waals surface area contributed by atoms with Crippen molar-refractivity contribution >= 4 is 29.1 Å². The predicted octanol–water partition coefficient (Wildman–Crippen LogP) is 4.81. The van der Waals surface area contributed by atoms with Crippen LogP contribution in [0.25, 0.3) is 0 Å². The first-order chi connectivity index (χ1) is 17.0. The van der Waals surface area contributed by atoms with Gasteiger partial charge < -0.3 is 14.5 Å². The number of morpholine rings is 1. The number of nitrogens with one attached hydrogen (secondary N) is 1. The van der Waals surface area contributed by atoms with Crippen molar-refractivity contribution in [3.63, 3.8) is 0 Å². The van der Waals surface area contributed by atoms with Gasteiger partial charge >= 0.3 is 0 Å². The minimum absolute atomic E-state index is 0.0562. The number of aromatic nitrogens is 1. The number of oxazole rings is 1. The Hall–Kier alpha value is -2.42. The molecule has 2 heterocycles. The monoisotopic (exact) mass is 516 g/mol. The van der Waals surface area contributed by atoms with E-state index in [1.165, 1.54) is 6.26 Å². The zero-order chi connectivity index (χ0) is 24.6. The third-order valence-electron chi connectivity index (χ3n) is 6.16. The van der Waals surface area contributed by atoms with Crippen LogP contribution in [-0.4, -0.2) is 60.1 Å². The van der Waals surface area contributed by atoms with Crippen molar-refractivity contribution in [3.8, 4) is 0 Å². The van der Waals surface area contributed by atoms with Crippen LogP contribution < -0.4 is 5.32 Å². The van der Waals surface area contributed by atoms with Gasteiger partial charge in [-0.05, 0) is 30.2 Å². The van der Waals surface area contributed by atoms with E-state index in [0.717, 1.165) is 44.0 Å². The molecule has 0 unspecified atom stereocenters. The molecule has 0 radical (unpaired) electrons. The zero-order valence-electron chi connectivity index (χ0n) is 19.8. The number of carbonyl (C=O) groups excluding carboxylic acids is 1. The average molecular weight is 517 g/mol. The molecular formula is C26H30Cl2N4O3. The van der Waals surface area contributed by atoms with Crippen molar-refractivity contribution in [3.05, 3.63) is 87.6 Å². The number of nitrogens with zero attached hydrogens (tertiary/aromatic N) is 3. The lowest BCUT2D eigenvalue weighted by Crippen LogP contribution is -2.41. The Morgan fingerprint density at radius 2 is 1.91 bits per heavy atom. The largest absolute Gasteiger partial charge is 0.447 e. The quantitative estimate of drug-likeness (QED) is 0.417. The molecule has 35 heavy (non-hydrogen) atoms. The highest BCUT2D eigenvalue weighted by Gasteiger charge is 2.21. The van der Waals surface area contributed by atoms with E-state index in [1.807, 2.05) is 30.3 Å². The molecule has 4 rings (SSSR count). The van der Waals surface area contributed by atoms with E-state index in [9.17, 15) is 4.79 Å². The number of ether oxygens (including phenoxy) is 1. The smallest absolute Gasteiger partial charge is 0.273 e. The first-order valence-electron chi connectivity index (χ1n) is 11.7. The fourth-order valence-electron chi connectivity index (χ4n) is 4.05. The molecule has 0 aliphatic carbocycles. The summed E-state index contributed by atoms with van der Waals surface area (Å²) in [5, 5.41) is 4.13. The number of hydrogen-bond donors (Lipinski definition) is 1. The lowest BCUT2D eigenvalue weighted by Gasteiger charge is -2.28. The fraction of sp³-hybridized carbons (Fsp3) is 0.385. The van der Waals surface area contributed by atoms with Crippen LogP contribution in [0.5, 0.6) is 0 Å². The lowest BCUT2D eigenvalue weighted by molar-refractivity contribution is 0.0383. The Kier molecular flexibility index (Phi) is 9.18. The van der Waals surface area contributed by atoms with Gasteiger partial charge in [0.15, 0.2) is 5.69 Å². The first kappa shape index (κ1) is 25.7. The standard InChI is InChI=1S/C26H30Cl2N4O3/c1-19(20-5-3-2-4-6-20)32(16-21-7-8-22(27)15-23(21)28)17-25-30-24(18-35-25)26(33)29-9-10-31-11-13-34-14-12-31/h2-8,15,18-19H,9-14,16-17H2,1H3,(H,29,33)/t19-/m0/s1. The molecule has 1 aromatic heterocycles. The summed E-state index contributed by atoms with van der Waals surface area (Å²) in [4.78, 5) is 21.5. The zero-order valence-corrected chi connectivity index (χ0v) is 21.3. The van der Waals surface area contributed by atoms with Gasteiger partial charge in [-0.25, -0.2) is 4.98 Å². The van der Waals surface area contributed by atoms with Gasteiger partial charge in [-0.2, -0.15) is 0 Å². The predicted molar refractivity (Wildman–Crippen MR) is 137 cm³/mol. The maximum atomic E-state index is 12.6. The summed E-state index contributed by atoms with van der Waals surface area (Å²) in [6.45, 7) is 7.68. The van der Waals surface area contributed by atoms with Crippen LogP contribution in [0, 0.1) is 0 Å². The summed E-state index contributed by atoms with van der Waals surface area (Å²) in [6.07, 6.45) is 1.42.